The van der Waals surface area contributed by atoms with Gasteiger partial charge in [0.1, 0.15) is 12.4 Å². The van der Waals surface area contributed by atoms with E-state index in [2.05, 4.69) is 56.1 Å². The Hall–Kier alpha value is -3.72. The van der Waals surface area contributed by atoms with Crippen molar-refractivity contribution in [3.05, 3.63) is 65.4 Å². The van der Waals surface area contributed by atoms with E-state index in [0.717, 1.165) is 22.2 Å². The fourth-order valence-corrected chi connectivity index (χ4v) is 3.19. The molecule has 0 aliphatic rings. The number of carboxylic acid groups (broad SMARTS) is 1. The Balaban J connectivity index is 1.75. The van der Waals surface area contributed by atoms with Crippen molar-refractivity contribution in [1.82, 2.24) is 4.57 Å². The lowest BCUT2D eigenvalue weighted by Gasteiger charge is -2.19. The van der Waals surface area contributed by atoms with Crippen LogP contribution in [0.4, 0.5) is 0 Å². The van der Waals surface area contributed by atoms with Crippen LogP contribution >= 0.6 is 0 Å². The minimum Gasteiger partial charge on any atom is -0.489 e. The number of aromatic nitrogens is 1. The number of rotatable bonds is 8. The molecule has 0 aliphatic heterocycles. The SMILES string of the molecule is C#CCn1c(C=NOCC(=O)O)cc2cc(OCc3ccc(C(C)(C)C)cc3)ccc21. The van der Waals surface area contributed by atoms with Crippen molar-refractivity contribution in [3.63, 3.8) is 0 Å². The van der Waals surface area contributed by atoms with E-state index < -0.39 is 12.6 Å². The molecule has 3 rings (SSSR count). The number of hydrogen-bond donors (Lipinski definition) is 1. The fourth-order valence-electron chi connectivity index (χ4n) is 3.19. The minimum absolute atomic E-state index is 0.121. The highest BCUT2D eigenvalue weighted by Crippen LogP contribution is 2.26. The summed E-state index contributed by atoms with van der Waals surface area (Å²) in [6.45, 7) is 6.90. The molecule has 0 radical (unpaired) electrons. The molecule has 160 valence electrons. The highest BCUT2D eigenvalue weighted by molar-refractivity contribution is 5.91. The Kier molecular flexibility index (Phi) is 6.66. The number of aliphatic carboxylic acids is 1. The van der Waals surface area contributed by atoms with Crippen LogP contribution < -0.4 is 4.74 Å². The monoisotopic (exact) mass is 418 g/mol. The summed E-state index contributed by atoms with van der Waals surface area (Å²) in [4.78, 5) is 15.3. The van der Waals surface area contributed by atoms with Gasteiger partial charge in [-0.05, 0) is 40.8 Å². The van der Waals surface area contributed by atoms with Crippen LogP contribution in [0.5, 0.6) is 5.75 Å². The van der Waals surface area contributed by atoms with Gasteiger partial charge in [-0.3, -0.25) is 0 Å². The summed E-state index contributed by atoms with van der Waals surface area (Å²) in [5, 5.41) is 13.3. The average molecular weight is 418 g/mol. The van der Waals surface area contributed by atoms with E-state index in [1.54, 1.807) is 0 Å². The highest BCUT2D eigenvalue weighted by atomic mass is 16.6. The largest absolute Gasteiger partial charge is 0.489 e. The molecule has 0 spiro atoms. The standard InChI is InChI=1S/C25H26N2O4/c1-5-12-27-21(15-26-31-17-24(28)29)13-19-14-22(10-11-23(19)27)30-16-18-6-8-20(9-7-18)25(2,3)4/h1,6-11,13-15H,12,16-17H2,2-4H3,(H,28,29). The van der Waals surface area contributed by atoms with Gasteiger partial charge in [0.15, 0.2) is 0 Å². The lowest BCUT2D eigenvalue weighted by atomic mass is 9.87. The van der Waals surface area contributed by atoms with Crippen LogP contribution in [-0.4, -0.2) is 28.5 Å². The number of benzene rings is 2. The molecular weight excluding hydrogens is 392 g/mol. The van der Waals surface area contributed by atoms with Crippen LogP contribution in [0.15, 0.2) is 53.7 Å². The minimum atomic E-state index is -1.09. The van der Waals surface area contributed by atoms with Gasteiger partial charge in [0, 0.05) is 10.9 Å². The zero-order valence-electron chi connectivity index (χ0n) is 18.0. The lowest BCUT2D eigenvalue weighted by molar-refractivity contribution is -0.142. The first-order valence-corrected chi connectivity index (χ1v) is 9.94. The second-order valence-corrected chi connectivity index (χ2v) is 8.22. The number of carbonyl (C=O) groups is 1. The maximum Gasteiger partial charge on any atom is 0.344 e. The second kappa shape index (κ2) is 9.40. The molecule has 0 fully saturated rings. The first-order chi connectivity index (χ1) is 14.8. The fraction of sp³-hybridized carbons (Fsp3) is 0.280. The van der Waals surface area contributed by atoms with Gasteiger partial charge in [0.25, 0.3) is 0 Å². The van der Waals surface area contributed by atoms with E-state index >= 15 is 0 Å². The molecule has 0 amide bonds. The zero-order valence-corrected chi connectivity index (χ0v) is 18.0. The van der Waals surface area contributed by atoms with Crippen molar-refractivity contribution in [2.45, 2.75) is 39.3 Å². The Morgan fingerprint density at radius 2 is 1.94 bits per heavy atom. The van der Waals surface area contributed by atoms with Crippen molar-refractivity contribution >= 4 is 23.1 Å². The summed E-state index contributed by atoms with van der Waals surface area (Å²) in [5.41, 5.74) is 4.15. The molecule has 6 nitrogen and oxygen atoms in total. The first-order valence-electron chi connectivity index (χ1n) is 9.94. The normalized spacial score (nSPS) is 11.5. The Labute approximate surface area is 182 Å². The van der Waals surface area contributed by atoms with Crippen molar-refractivity contribution in [3.8, 4) is 18.1 Å². The number of ether oxygens (including phenoxy) is 1. The second-order valence-electron chi connectivity index (χ2n) is 8.22. The van der Waals surface area contributed by atoms with E-state index in [9.17, 15) is 4.79 Å². The summed E-state index contributed by atoms with van der Waals surface area (Å²) in [7, 11) is 0. The molecule has 0 unspecified atom stereocenters. The van der Waals surface area contributed by atoms with Crippen LogP contribution in [0.3, 0.4) is 0 Å². The van der Waals surface area contributed by atoms with Gasteiger partial charge in [-0.25, -0.2) is 4.79 Å². The number of carboxylic acids is 1. The van der Waals surface area contributed by atoms with Gasteiger partial charge in [0.2, 0.25) is 6.61 Å². The van der Waals surface area contributed by atoms with Crippen LogP contribution in [0.25, 0.3) is 10.9 Å². The predicted octanol–water partition coefficient (Wildman–Crippen LogP) is 4.59. The molecule has 1 aromatic heterocycles. The quantitative estimate of drug-likeness (QED) is 0.330. The third-order valence-electron chi connectivity index (χ3n) is 4.83. The molecule has 0 saturated heterocycles. The maximum atomic E-state index is 10.5. The molecule has 3 aromatic rings. The number of hydrogen-bond acceptors (Lipinski definition) is 4. The molecule has 2 aromatic carbocycles. The average Bonchev–Trinajstić information content (AvgIpc) is 3.06. The lowest BCUT2D eigenvalue weighted by Crippen LogP contribution is -2.10. The van der Waals surface area contributed by atoms with Gasteiger partial charge < -0.3 is 19.2 Å². The molecule has 1 N–H and O–H groups in total. The molecule has 0 saturated carbocycles. The zero-order chi connectivity index (χ0) is 22.4. The van der Waals surface area contributed by atoms with Crippen LogP contribution in [0.2, 0.25) is 0 Å². The molecule has 0 atom stereocenters. The van der Waals surface area contributed by atoms with Gasteiger partial charge in [0.05, 0.1) is 18.5 Å². The molecule has 0 bridgehead atoms. The first kappa shape index (κ1) is 22.0. The summed E-state index contributed by atoms with van der Waals surface area (Å²) >= 11 is 0. The number of nitrogens with zero attached hydrogens (tertiary/aromatic N) is 2. The van der Waals surface area contributed by atoms with Crippen molar-refractivity contribution in [1.29, 1.82) is 0 Å². The van der Waals surface area contributed by atoms with E-state index in [0.29, 0.717) is 18.8 Å². The number of terminal acetylenes is 1. The molecule has 0 aliphatic carbocycles. The summed E-state index contributed by atoms with van der Waals surface area (Å²) < 4.78 is 7.89. The van der Waals surface area contributed by atoms with E-state index in [4.69, 9.17) is 21.1 Å². The third-order valence-corrected chi connectivity index (χ3v) is 4.83. The van der Waals surface area contributed by atoms with Gasteiger partial charge >= 0.3 is 5.97 Å². The van der Waals surface area contributed by atoms with Crippen molar-refractivity contribution < 1.29 is 19.5 Å². The molecule has 6 heteroatoms. The highest BCUT2D eigenvalue weighted by Gasteiger charge is 2.13. The van der Waals surface area contributed by atoms with Gasteiger partial charge in [-0.15, -0.1) is 6.42 Å². The van der Waals surface area contributed by atoms with Gasteiger partial charge in [-0.2, -0.15) is 0 Å². The topological polar surface area (TPSA) is 73.1 Å². The number of oxime groups is 1. The summed E-state index contributed by atoms with van der Waals surface area (Å²) in [6.07, 6.45) is 6.96. The van der Waals surface area contributed by atoms with Crippen molar-refractivity contribution in [2.24, 2.45) is 5.16 Å². The van der Waals surface area contributed by atoms with Crippen molar-refractivity contribution in [2.75, 3.05) is 6.61 Å². The Morgan fingerprint density at radius 3 is 2.58 bits per heavy atom. The van der Waals surface area contributed by atoms with Crippen LogP contribution in [0.1, 0.15) is 37.6 Å². The molecular formula is C25H26N2O4. The molecule has 31 heavy (non-hydrogen) atoms. The van der Waals surface area contributed by atoms with E-state index in [-0.39, 0.29) is 5.41 Å². The summed E-state index contributed by atoms with van der Waals surface area (Å²) in [5.74, 6) is 2.28. The third kappa shape index (κ3) is 5.67. The van der Waals surface area contributed by atoms with Crippen LogP contribution in [0, 0.1) is 12.3 Å². The Morgan fingerprint density at radius 1 is 1.19 bits per heavy atom. The summed E-state index contributed by atoms with van der Waals surface area (Å²) in [6, 6.07) is 16.2. The van der Waals surface area contributed by atoms with E-state index in [1.165, 1.54) is 11.8 Å². The van der Waals surface area contributed by atoms with Gasteiger partial charge in [-0.1, -0.05) is 56.1 Å². The molecule has 1 heterocycles. The Bertz CT molecular complexity index is 1130. The smallest absolute Gasteiger partial charge is 0.344 e. The van der Waals surface area contributed by atoms with E-state index in [1.807, 2.05) is 28.8 Å². The maximum absolute atomic E-state index is 10.5. The number of fused-ring (bicyclic) bond motifs is 1. The van der Waals surface area contributed by atoms with Crippen LogP contribution in [-0.2, 0) is 28.2 Å². The predicted molar refractivity (Wildman–Crippen MR) is 121 cm³/mol.